The molecule has 0 spiro atoms. The Balaban J connectivity index is 2.71. The molecule has 0 bridgehead atoms. The second-order valence-electron chi connectivity index (χ2n) is 5.13. The molecule has 0 saturated carbocycles. The van der Waals surface area contributed by atoms with Crippen LogP contribution in [-0.4, -0.2) is 43.2 Å². The van der Waals surface area contributed by atoms with Crippen molar-refractivity contribution in [2.45, 2.75) is 19.9 Å². The largest absolute Gasteiger partial charge is 0.312 e. The summed E-state index contributed by atoms with van der Waals surface area (Å²) in [4.78, 5) is 0. The molecule has 6 heteroatoms. The minimum absolute atomic E-state index is 0.0188. The van der Waals surface area contributed by atoms with E-state index >= 15 is 0 Å². The van der Waals surface area contributed by atoms with Crippen LogP contribution in [-0.2, 0) is 20.6 Å². The highest BCUT2D eigenvalue weighted by Crippen LogP contribution is 2.18. The molecule has 0 heterocycles. The first-order valence-electron chi connectivity index (χ1n) is 6.50. The Labute approximate surface area is 124 Å². The summed E-state index contributed by atoms with van der Waals surface area (Å²) < 4.78 is 34.2. The topological polar surface area (TPSA) is 63.2 Å². The van der Waals surface area contributed by atoms with Gasteiger partial charge in [0.15, 0.2) is 0 Å². The van der Waals surface area contributed by atoms with Crippen molar-refractivity contribution in [3.05, 3.63) is 34.9 Å². The third-order valence-electron chi connectivity index (χ3n) is 3.32. The van der Waals surface area contributed by atoms with Crippen LogP contribution in [0.4, 0.5) is 0 Å². The first-order valence-corrected chi connectivity index (χ1v) is 10.0. The maximum atomic E-state index is 12.0. The third-order valence-corrected chi connectivity index (χ3v) is 5.88. The van der Waals surface area contributed by atoms with Gasteiger partial charge in [-0.3, -0.25) is 4.21 Å². The average Bonchev–Trinajstić information content (AvgIpc) is 2.36. The number of nitrogens with one attached hydrogen (secondary N) is 1. The molecular formula is C14H23NO3S2. The molecule has 2 atom stereocenters. The lowest BCUT2D eigenvalue weighted by atomic mass is 10.0. The van der Waals surface area contributed by atoms with Crippen LogP contribution in [0.1, 0.15) is 22.7 Å². The second kappa shape index (κ2) is 7.33. The molecule has 2 unspecified atom stereocenters. The SMILES string of the molecule is CNC(CS(=O)CCS(C)(=O)=O)c1ccc(C)c(C)c1. The van der Waals surface area contributed by atoms with Crippen LogP contribution in [0.5, 0.6) is 0 Å². The molecule has 0 saturated heterocycles. The minimum Gasteiger partial charge on any atom is -0.312 e. The van der Waals surface area contributed by atoms with Crippen molar-refractivity contribution in [1.29, 1.82) is 0 Å². The van der Waals surface area contributed by atoms with Gasteiger partial charge in [0.2, 0.25) is 0 Å². The van der Waals surface area contributed by atoms with Gasteiger partial charge >= 0.3 is 0 Å². The van der Waals surface area contributed by atoms with Crippen LogP contribution >= 0.6 is 0 Å². The van der Waals surface area contributed by atoms with Gasteiger partial charge in [0.1, 0.15) is 9.84 Å². The van der Waals surface area contributed by atoms with Crippen molar-refractivity contribution in [1.82, 2.24) is 5.32 Å². The van der Waals surface area contributed by atoms with E-state index in [1.165, 1.54) is 17.4 Å². The van der Waals surface area contributed by atoms with Gasteiger partial charge in [0, 0.05) is 34.6 Å². The number of rotatable bonds is 7. The van der Waals surface area contributed by atoms with Crippen molar-refractivity contribution >= 4 is 20.6 Å². The standard InChI is InChI=1S/C14H23NO3S2/c1-11-5-6-13(9-12(11)2)14(15-3)10-19(16)7-8-20(4,17)18/h5-6,9,14-15H,7-8,10H2,1-4H3. The molecule has 0 amide bonds. The van der Waals surface area contributed by atoms with Crippen LogP contribution in [0.25, 0.3) is 0 Å². The summed E-state index contributed by atoms with van der Waals surface area (Å²) in [7, 11) is -2.38. The summed E-state index contributed by atoms with van der Waals surface area (Å²) in [6.07, 6.45) is 1.17. The first-order chi connectivity index (χ1) is 9.23. The van der Waals surface area contributed by atoms with E-state index in [9.17, 15) is 12.6 Å². The van der Waals surface area contributed by atoms with E-state index < -0.39 is 20.6 Å². The quantitative estimate of drug-likeness (QED) is 0.825. The molecule has 0 aliphatic heterocycles. The zero-order chi connectivity index (χ0) is 15.3. The minimum atomic E-state index is -3.05. The van der Waals surface area contributed by atoms with E-state index in [1.54, 1.807) is 0 Å². The highest BCUT2D eigenvalue weighted by atomic mass is 32.2. The average molecular weight is 317 g/mol. The van der Waals surface area contributed by atoms with Crippen molar-refractivity contribution in [3.63, 3.8) is 0 Å². The monoisotopic (exact) mass is 317 g/mol. The summed E-state index contributed by atoms with van der Waals surface area (Å²) in [5.74, 6) is 0.597. The summed E-state index contributed by atoms with van der Waals surface area (Å²) in [6, 6.07) is 6.14. The first kappa shape index (κ1) is 17.3. The van der Waals surface area contributed by atoms with Gasteiger partial charge in [-0.05, 0) is 37.6 Å². The molecular weight excluding hydrogens is 294 g/mol. The molecule has 1 N–H and O–H groups in total. The van der Waals surface area contributed by atoms with Gasteiger partial charge in [-0.15, -0.1) is 0 Å². The van der Waals surface area contributed by atoms with E-state index in [0.29, 0.717) is 5.75 Å². The van der Waals surface area contributed by atoms with Crippen LogP contribution in [0.2, 0.25) is 0 Å². The molecule has 20 heavy (non-hydrogen) atoms. The Bertz CT molecular complexity index is 582. The highest BCUT2D eigenvalue weighted by molar-refractivity contribution is 7.92. The lowest BCUT2D eigenvalue weighted by molar-refractivity contribution is 0.602. The van der Waals surface area contributed by atoms with Gasteiger partial charge < -0.3 is 5.32 Å². The number of sulfone groups is 1. The maximum Gasteiger partial charge on any atom is 0.148 e. The zero-order valence-corrected chi connectivity index (χ0v) is 14.1. The Kier molecular flexibility index (Phi) is 6.36. The smallest absolute Gasteiger partial charge is 0.148 e. The zero-order valence-electron chi connectivity index (χ0n) is 12.5. The fraction of sp³-hybridized carbons (Fsp3) is 0.571. The fourth-order valence-electron chi connectivity index (χ4n) is 1.84. The normalized spacial score (nSPS) is 15.0. The van der Waals surface area contributed by atoms with Gasteiger partial charge in [-0.2, -0.15) is 0 Å². The van der Waals surface area contributed by atoms with Crippen molar-refractivity contribution < 1.29 is 12.6 Å². The van der Waals surface area contributed by atoms with Crippen LogP contribution < -0.4 is 5.32 Å². The van der Waals surface area contributed by atoms with E-state index in [-0.39, 0.29) is 17.5 Å². The number of hydrogen-bond donors (Lipinski definition) is 1. The van der Waals surface area contributed by atoms with E-state index in [4.69, 9.17) is 0 Å². The maximum absolute atomic E-state index is 12.0. The van der Waals surface area contributed by atoms with Gasteiger partial charge in [0.25, 0.3) is 0 Å². The van der Waals surface area contributed by atoms with Crippen LogP contribution in [0, 0.1) is 13.8 Å². The molecule has 114 valence electrons. The lowest BCUT2D eigenvalue weighted by Gasteiger charge is -2.17. The summed E-state index contributed by atoms with van der Waals surface area (Å²) in [5, 5.41) is 3.15. The molecule has 1 aromatic rings. The molecule has 0 aliphatic carbocycles. The Morgan fingerprint density at radius 1 is 1.25 bits per heavy atom. The van der Waals surface area contributed by atoms with E-state index in [2.05, 4.69) is 24.4 Å². The van der Waals surface area contributed by atoms with Crippen LogP contribution in [0.3, 0.4) is 0 Å². The molecule has 4 nitrogen and oxygen atoms in total. The predicted molar refractivity (Wildman–Crippen MR) is 85.3 cm³/mol. The molecule has 1 aromatic carbocycles. The Morgan fingerprint density at radius 2 is 1.90 bits per heavy atom. The van der Waals surface area contributed by atoms with Gasteiger partial charge in [0.05, 0.1) is 5.75 Å². The number of benzene rings is 1. The van der Waals surface area contributed by atoms with Gasteiger partial charge in [-0.1, -0.05) is 18.2 Å². The fourth-order valence-corrected chi connectivity index (χ4v) is 4.69. The van der Waals surface area contributed by atoms with E-state index in [0.717, 1.165) is 5.56 Å². The van der Waals surface area contributed by atoms with E-state index in [1.807, 2.05) is 20.0 Å². The molecule has 0 aliphatic rings. The second-order valence-corrected chi connectivity index (χ2v) is 9.01. The molecule has 1 rings (SSSR count). The molecule has 0 radical (unpaired) electrons. The summed E-state index contributed by atoms with van der Waals surface area (Å²) in [6.45, 7) is 4.10. The van der Waals surface area contributed by atoms with Crippen molar-refractivity contribution in [2.24, 2.45) is 0 Å². The summed E-state index contributed by atoms with van der Waals surface area (Å²) in [5.41, 5.74) is 3.51. The molecule has 0 aromatic heterocycles. The van der Waals surface area contributed by atoms with Crippen molar-refractivity contribution in [3.8, 4) is 0 Å². The summed E-state index contributed by atoms with van der Waals surface area (Å²) >= 11 is 0. The van der Waals surface area contributed by atoms with Crippen molar-refractivity contribution in [2.75, 3.05) is 30.6 Å². The van der Waals surface area contributed by atoms with Crippen LogP contribution in [0.15, 0.2) is 18.2 Å². The third kappa shape index (κ3) is 5.73. The highest BCUT2D eigenvalue weighted by Gasteiger charge is 2.15. The Hall–Kier alpha value is -0.720. The predicted octanol–water partition coefficient (Wildman–Crippen LogP) is 1.36. The molecule has 0 fully saturated rings. The van der Waals surface area contributed by atoms with Gasteiger partial charge in [-0.25, -0.2) is 8.42 Å². The number of aryl methyl sites for hydroxylation is 2. The Morgan fingerprint density at radius 3 is 2.40 bits per heavy atom. The lowest BCUT2D eigenvalue weighted by Crippen LogP contribution is -2.25. The number of hydrogen-bond acceptors (Lipinski definition) is 4.